The molecule has 0 aliphatic carbocycles. The van der Waals surface area contributed by atoms with E-state index in [9.17, 15) is 0 Å². The van der Waals surface area contributed by atoms with Gasteiger partial charge in [-0.2, -0.15) is 0 Å². The van der Waals surface area contributed by atoms with Crippen molar-refractivity contribution in [2.45, 2.75) is 0 Å². The van der Waals surface area contributed by atoms with Crippen molar-refractivity contribution in [1.82, 2.24) is 0 Å². The standard InChI is InChI=1S/C46H28O.2C32H20O/c1-2-12-32-27-33(26-23-29(32)11-1)30-21-24-31(25-22-30)44-36-15-4-6-17-38(36)45(39-18-7-5-16-37(39)44)41-28-42-35-14-9-10-20-43(35)47-46(42)40-19-8-3-13-34(40)41;1-2-11-21(12-3-1)30-22-13-4-6-15-24(22)31(25-16-7-5-14-23(25)30)27-18-10-20-29-32(27)26-17-8-9-19-28(26)33-29;1-2-10-21(11-3-1)31-24-13-4-6-15-26(24)32(27-16-7-5-14-25(27)31)22-18-19-30-28(20-22)23-12-8-9-17-29(23)33-30/h1-28H;2*1-20H. The summed E-state index contributed by atoms with van der Waals surface area (Å²) >= 11 is 0. The topological polar surface area (TPSA) is 39.4 Å². The molecule has 0 atom stereocenters. The maximum atomic E-state index is 6.47. The van der Waals surface area contributed by atoms with Crippen LogP contribution in [-0.2, 0) is 0 Å². The summed E-state index contributed by atoms with van der Waals surface area (Å²) in [7, 11) is 0. The summed E-state index contributed by atoms with van der Waals surface area (Å²) in [5.74, 6) is 0. The highest BCUT2D eigenvalue weighted by molar-refractivity contribution is 6.29. The van der Waals surface area contributed by atoms with Crippen LogP contribution in [-0.4, -0.2) is 0 Å². The lowest BCUT2D eigenvalue weighted by Crippen LogP contribution is -1.92. The Morgan fingerprint density at radius 1 is 0.133 bits per heavy atom. The van der Waals surface area contributed by atoms with E-state index >= 15 is 0 Å². The third-order valence-electron chi connectivity index (χ3n) is 23.2. The van der Waals surface area contributed by atoms with Crippen LogP contribution < -0.4 is 0 Å². The molecule has 0 radical (unpaired) electrons. The summed E-state index contributed by atoms with van der Waals surface area (Å²) in [6.45, 7) is 0. The molecule has 3 aromatic heterocycles. The van der Waals surface area contributed by atoms with Gasteiger partial charge in [-0.05, 0) is 207 Å². The number of hydrogen-bond donors (Lipinski definition) is 0. The Balaban J connectivity index is 0.000000106. The van der Waals surface area contributed by atoms with E-state index < -0.39 is 0 Å². The molecule has 0 bridgehead atoms. The molecule has 0 aliphatic rings. The lowest BCUT2D eigenvalue weighted by Gasteiger charge is -2.19. The highest BCUT2D eigenvalue weighted by atomic mass is 16.3. The molecule has 113 heavy (non-hydrogen) atoms. The number of furan rings is 3. The van der Waals surface area contributed by atoms with Gasteiger partial charge in [0.25, 0.3) is 0 Å². The predicted molar refractivity (Wildman–Crippen MR) is 479 cm³/mol. The van der Waals surface area contributed by atoms with E-state index in [0.717, 1.165) is 65.8 Å². The summed E-state index contributed by atoms with van der Waals surface area (Å²) in [5.41, 5.74) is 23.0. The van der Waals surface area contributed by atoms with E-state index in [1.165, 1.54) is 164 Å². The minimum atomic E-state index is 0.919. The fourth-order valence-corrected chi connectivity index (χ4v) is 18.2. The first kappa shape index (κ1) is 65.2. The van der Waals surface area contributed by atoms with Crippen LogP contribution in [0.2, 0.25) is 0 Å². The normalized spacial score (nSPS) is 11.7. The van der Waals surface area contributed by atoms with Crippen molar-refractivity contribution in [3.05, 3.63) is 413 Å². The van der Waals surface area contributed by atoms with Crippen molar-refractivity contribution in [2.24, 2.45) is 0 Å². The SMILES string of the molecule is c1ccc(-c2c3ccccc3c(-c3ccc4oc5ccccc5c4c3)c3ccccc23)cc1.c1ccc(-c2c3ccccc3c(-c3cccc4oc5ccccc5c34)c3ccccc23)cc1.c1ccc2cc(-c3ccc(-c4c5ccccc5c(-c5cc6c7ccccc7oc6c6ccccc56)c5ccccc45)cc3)ccc2c1. The van der Waals surface area contributed by atoms with Crippen LogP contribution in [0.15, 0.2) is 426 Å². The molecule has 0 aliphatic heterocycles. The molecule has 21 aromatic carbocycles. The Labute approximate surface area is 651 Å². The van der Waals surface area contributed by atoms with Gasteiger partial charge in [0, 0.05) is 37.7 Å². The van der Waals surface area contributed by atoms with Gasteiger partial charge in [0.2, 0.25) is 0 Å². The third kappa shape index (κ3) is 10.9. The highest BCUT2D eigenvalue weighted by Gasteiger charge is 2.25. The molecule has 3 nitrogen and oxygen atoms in total. The fraction of sp³-hybridized carbons (Fsp3) is 0. The van der Waals surface area contributed by atoms with Crippen molar-refractivity contribution >= 4 is 152 Å². The molecule has 526 valence electrons. The maximum Gasteiger partial charge on any atom is 0.143 e. The second-order valence-corrected chi connectivity index (χ2v) is 29.4. The molecule has 24 aromatic rings. The van der Waals surface area contributed by atoms with Gasteiger partial charge in [0.1, 0.15) is 33.5 Å². The zero-order valence-corrected chi connectivity index (χ0v) is 61.5. The molecular weight excluding hydrogens is 1370 g/mol. The maximum absolute atomic E-state index is 6.47. The first-order chi connectivity index (χ1) is 56.1. The molecular formula is C110H68O3. The summed E-state index contributed by atoms with van der Waals surface area (Å²) < 4.78 is 18.8. The van der Waals surface area contributed by atoms with Crippen molar-refractivity contribution in [3.8, 4) is 77.9 Å². The van der Waals surface area contributed by atoms with E-state index in [1.54, 1.807) is 0 Å². The number of fused-ring (bicyclic) bond motifs is 18. The zero-order chi connectivity index (χ0) is 74.5. The van der Waals surface area contributed by atoms with Gasteiger partial charge in [-0.3, -0.25) is 0 Å². The first-order valence-corrected chi connectivity index (χ1v) is 38.8. The van der Waals surface area contributed by atoms with Gasteiger partial charge in [-0.25, -0.2) is 0 Å². The van der Waals surface area contributed by atoms with Crippen LogP contribution in [0.4, 0.5) is 0 Å². The van der Waals surface area contributed by atoms with E-state index in [-0.39, 0.29) is 0 Å². The van der Waals surface area contributed by atoms with Gasteiger partial charge in [-0.1, -0.05) is 364 Å². The predicted octanol–water partition coefficient (Wildman–Crippen LogP) is 31.7. The monoisotopic (exact) mass is 1440 g/mol. The van der Waals surface area contributed by atoms with E-state index in [2.05, 4.69) is 382 Å². The van der Waals surface area contributed by atoms with E-state index in [0.29, 0.717) is 0 Å². The van der Waals surface area contributed by atoms with Crippen LogP contribution in [0.25, 0.3) is 230 Å². The van der Waals surface area contributed by atoms with Crippen LogP contribution in [0.1, 0.15) is 0 Å². The smallest absolute Gasteiger partial charge is 0.143 e. The van der Waals surface area contributed by atoms with Gasteiger partial charge >= 0.3 is 0 Å². The van der Waals surface area contributed by atoms with Gasteiger partial charge in [-0.15, -0.1) is 0 Å². The van der Waals surface area contributed by atoms with Crippen molar-refractivity contribution < 1.29 is 13.3 Å². The van der Waals surface area contributed by atoms with Crippen LogP contribution >= 0.6 is 0 Å². The Kier molecular flexibility index (Phi) is 15.6. The molecule has 0 unspecified atom stereocenters. The fourth-order valence-electron chi connectivity index (χ4n) is 18.2. The molecule has 0 amide bonds. The minimum absolute atomic E-state index is 0.919. The third-order valence-corrected chi connectivity index (χ3v) is 23.2. The highest BCUT2D eigenvalue weighted by Crippen LogP contribution is 2.51. The Morgan fingerprint density at radius 2 is 0.460 bits per heavy atom. The Hall–Kier alpha value is -14.9. The van der Waals surface area contributed by atoms with E-state index in [1.807, 2.05) is 30.3 Å². The number of rotatable bonds is 7. The molecule has 3 heterocycles. The lowest BCUT2D eigenvalue weighted by molar-refractivity contribution is 0.668. The largest absolute Gasteiger partial charge is 0.456 e. The van der Waals surface area contributed by atoms with Crippen molar-refractivity contribution in [2.75, 3.05) is 0 Å². The molecule has 24 rings (SSSR count). The van der Waals surface area contributed by atoms with Crippen LogP contribution in [0.3, 0.4) is 0 Å². The number of hydrogen-bond acceptors (Lipinski definition) is 3. The second kappa shape index (κ2) is 27.0. The number of para-hydroxylation sites is 3. The quantitative estimate of drug-likeness (QED) is 0.149. The average molecular weight is 1440 g/mol. The summed E-state index contributed by atoms with van der Waals surface area (Å²) in [4.78, 5) is 0. The number of benzene rings is 21. The molecule has 0 fully saturated rings. The molecule has 0 saturated heterocycles. The van der Waals surface area contributed by atoms with Crippen LogP contribution in [0.5, 0.6) is 0 Å². The summed E-state index contributed by atoms with van der Waals surface area (Å²) in [5, 5.41) is 26.9. The first-order valence-electron chi connectivity index (χ1n) is 38.8. The van der Waals surface area contributed by atoms with Crippen molar-refractivity contribution in [1.29, 1.82) is 0 Å². The molecule has 0 spiro atoms. The molecule has 3 heteroatoms. The van der Waals surface area contributed by atoms with Crippen LogP contribution in [0, 0.1) is 0 Å². The lowest BCUT2D eigenvalue weighted by atomic mass is 9.84. The van der Waals surface area contributed by atoms with Gasteiger partial charge in [0.15, 0.2) is 0 Å². The summed E-state index contributed by atoms with van der Waals surface area (Å²) in [6, 6.07) is 148. The average Bonchev–Trinajstić information content (AvgIpc) is 1.55. The van der Waals surface area contributed by atoms with Gasteiger partial charge in [0.05, 0.1) is 0 Å². The Morgan fingerprint density at radius 3 is 0.973 bits per heavy atom. The molecule has 0 saturated carbocycles. The van der Waals surface area contributed by atoms with E-state index in [4.69, 9.17) is 13.3 Å². The van der Waals surface area contributed by atoms with Crippen molar-refractivity contribution in [3.63, 3.8) is 0 Å². The Bertz CT molecular complexity index is 7730. The zero-order valence-electron chi connectivity index (χ0n) is 61.5. The van der Waals surface area contributed by atoms with Gasteiger partial charge < -0.3 is 13.3 Å². The molecule has 0 N–H and O–H groups in total. The summed E-state index contributed by atoms with van der Waals surface area (Å²) in [6.07, 6.45) is 0. The second-order valence-electron chi connectivity index (χ2n) is 29.4. The minimum Gasteiger partial charge on any atom is -0.456 e.